The molecule has 0 saturated heterocycles. The van der Waals surface area contributed by atoms with Gasteiger partial charge in [0.2, 0.25) is 11.2 Å². The molecule has 1 aromatic heterocycles. The third-order valence-corrected chi connectivity index (χ3v) is 3.57. The van der Waals surface area contributed by atoms with Crippen molar-refractivity contribution >= 4 is 10.9 Å². The molecule has 5 nitrogen and oxygen atoms in total. The number of fused-ring (bicyclic) bond motifs is 1. The first-order valence-corrected chi connectivity index (χ1v) is 8.49. The summed E-state index contributed by atoms with van der Waals surface area (Å²) in [7, 11) is -4.94. The Hall–Kier alpha value is -2.02. The Morgan fingerprint density at radius 3 is 1.83 bits per heavy atom. The maximum Gasteiger partial charge on any atom is 0.218 e. The lowest BCUT2D eigenvalue weighted by atomic mass is 10.1. The van der Waals surface area contributed by atoms with Crippen LogP contribution in [0.2, 0.25) is 0 Å². The molecule has 126 valence electrons. The molecular formula is C18H18ClNO4. The largest absolute Gasteiger partial charge is 0.222 e. The average Bonchev–Trinajstić information content (AvgIpc) is 2.47. The van der Waals surface area contributed by atoms with E-state index in [4.69, 9.17) is 18.6 Å². The highest BCUT2D eigenvalue weighted by molar-refractivity contribution is 5.76. The van der Waals surface area contributed by atoms with Crippen LogP contribution in [0.4, 0.5) is 0 Å². The van der Waals surface area contributed by atoms with E-state index < -0.39 is 10.2 Å². The van der Waals surface area contributed by atoms with Crippen molar-refractivity contribution in [3.05, 3.63) is 71.4 Å². The van der Waals surface area contributed by atoms with E-state index in [1.165, 1.54) is 33.4 Å². The number of benzene rings is 2. The van der Waals surface area contributed by atoms with E-state index in [0.29, 0.717) is 0 Å². The van der Waals surface area contributed by atoms with E-state index in [1.807, 2.05) is 0 Å². The van der Waals surface area contributed by atoms with Crippen LogP contribution >= 0.6 is 0 Å². The van der Waals surface area contributed by atoms with Gasteiger partial charge in [-0.2, -0.15) is 4.57 Å². The fraction of sp³-hybridized carbons (Fsp3) is 0.167. The molecule has 6 heteroatoms. The minimum atomic E-state index is -4.94. The highest BCUT2D eigenvalue weighted by Crippen LogP contribution is 2.15. The Labute approximate surface area is 142 Å². The van der Waals surface area contributed by atoms with Crippen molar-refractivity contribution in [2.75, 3.05) is 0 Å². The predicted octanol–water partition coefficient (Wildman–Crippen LogP) is -0.714. The third kappa shape index (κ3) is 4.99. The summed E-state index contributed by atoms with van der Waals surface area (Å²) in [5.74, 6) is 0. The van der Waals surface area contributed by atoms with Crippen molar-refractivity contribution in [2.24, 2.45) is 0 Å². The summed E-state index contributed by atoms with van der Waals surface area (Å²) in [6, 6.07) is 19.7. The summed E-state index contributed by atoms with van der Waals surface area (Å²) >= 11 is 0. The highest BCUT2D eigenvalue weighted by atomic mass is 35.7. The number of halogens is 1. The molecule has 0 atom stereocenters. The van der Waals surface area contributed by atoms with Gasteiger partial charge in [-0.05, 0) is 26.0 Å². The van der Waals surface area contributed by atoms with Gasteiger partial charge in [-0.15, -0.1) is 10.2 Å². The van der Waals surface area contributed by atoms with Crippen LogP contribution in [-0.4, -0.2) is 0 Å². The number of nitrogens with zero attached hydrogens (tertiary/aromatic N) is 1. The van der Waals surface area contributed by atoms with Gasteiger partial charge >= 0.3 is 0 Å². The number of pyridine rings is 1. The molecule has 0 unspecified atom stereocenters. The minimum absolute atomic E-state index is 1.22. The maximum absolute atomic E-state index is 8.49. The van der Waals surface area contributed by atoms with Gasteiger partial charge in [0, 0.05) is 36.6 Å². The second kappa shape index (κ2) is 7.25. The van der Waals surface area contributed by atoms with E-state index in [2.05, 4.69) is 79.9 Å². The zero-order valence-electron chi connectivity index (χ0n) is 13.7. The molecule has 0 aliphatic rings. The molecule has 24 heavy (non-hydrogen) atoms. The van der Waals surface area contributed by atoms with Crippen molar-refractivity contribution in [1.82, 2.24) is 0 Å². The van der Waals surface area contributed by atoms with Crippen LogP contribution in [0, 0.1) is 31.0 Å². The monoisotopic (exact) mass is 347 g/mol. The maximum atomic E-state index is 8.49. The molecule has 0 aliphatic carbocycles. The normalized spacial score (nSPS) is 11.1. The summed E-state index contributed by atoms with van der Waals surface area (Å²) < 4.78 is 36.3. The molecule has 3 aromatic rings. The van der Waals surface area contributed by atoms with Crippen molar-refractivity contribution < 1.29 is 33.4 Å². The molecule has 2 aromatic carbocycles. The fourth-order valence-electron chi connectivity index (χ4n) is 2.52. The van der Waals surface area contributed by atoms with Crippen molar-refractivity contribution in [3.8, 4) is 5.69 Å². The summed E-state index contributed by atoms with van der Waals surface area (Å²) in [5.41, 5.74) is 6.32. The summed E-state index contributed by atoms with van der Waals surface area (Å²) in [6.45, 7) is 6.41. The molecule has 0 N–H and O–H groups in total. The Balaban J connectivity index is 0.000000368. The molecule has 0 amide bonds. The van der Waals surface area contributed by atoms with Gasteiger partial charge in [0.15, 0.2) is 5.69 Å². The molecule has 1 heterocycles. The summed E-state index contributed by atoms with van der Waals surface area (Å²) in [4.78, 5) is 0. The molecular weight excluding hydrogens is 330 g/mol. The van der Waals surface area contributed by atoms with Crippen molar-refractivity contribution in [2.45, 2.75) is 20.8 Å². The van der Waals surface area contributed by atoms with Gasteiger partial charge in [-0.25, -0.2) is 18.6 Å². The van der Waals surface area contributed by atoms with Crippen molar-refractivity contribution in [1.29, 1.82) is 0 Å². The number of aromatic nitrogens is 1. The van der Waals surface area contributed by atoms with Crippen LogP contribution in [0.15, 0.2) is 54.6 Å². The Morgan fingerprint density at radius 1 is 0.708 bits per heavy atom. The van der Waals surface area contributed by atoms with Crippen LogP contribution in [0.5, 0.6) is 0 Å². The molecule has 0 fully saturated rings. The highest BCUT2D eigenvalue weighted by Gasteiger charge is 2.15. The summed E-state index contributed by atoms with van der Waals surface area (Å²) in [6.07, 6.45) is 0. The second-order valence-electron chi connectivity index (χ2n) is 5.59. The molecule has 0 aliphatic heterocycles. The lowest BCUT2D eigenvalue weighted by molar-refractivity contribution is -2.00. The number of rotatable bonds is 1. The quantitative estimate of drug-likeness (QED) is 0.543. The van der Waals surface area contributed by atoms with E-state index >= 15 is 0 Å². The zero-order valence-corrected chi connectivity index (χ0v) is 14.4. The smallest absolute Gasteiger partial charge is 0.218 e. The van der Waals surface area contributed by atoms with Gasteiger partial charge in [0.05, 0.1) is 0 Å². The SMILES string of the molecule is Cc1ccc(-[n+]2c(C)ccc3cc(C)ccc32)cc1.[O-][Cl+3]([O-])([O-])[O-]. The number of hydrogen-bond donors (Lipinski definition) is 0. The topological polar surface area (TPSA) is 96.1 Å². The van der Waals surface area contributed by atoms with Crippen LogP contribution in [0.3, 0.4) is 0 Å². The van der Waals surface area contributed by atoms with E-state index in [9.17, 15) is 0 Å². The van der Waals surface area contributed by atoms with Crippen molar-refractivity contribution in [3.63, 3.8) is 0 Å². The minimum Gasteiger partial charge on any atom is -0.222 e. The Morgan fingerprint density at radius 2 is 1.25 bits per heavy atom. The van der Waals surface area contributed by atoms with Gasteiger partial charge in [-0.3, -0.25) is 0 Å². The van der Waals surface area contributed by atoms with Crippen LogP contribution in [0.1, 0.15) is 16.8 Å². The lowest BCUT2D eigenvalue weighted by Crippen LogP contribution is -2.68. The van der Waals surface area contributed by atoms with Gasteiger partial charge in [0.1, 0.15) is 0 Å². The predicted molar refractivity (Wildman–Crippen MR) is 79.7 cm³/mol. The number of aryl methyl sites for hydroxylation is 3. The lowest BCUT2D eigenvalue weighted by Gasteiger charge is -2.17. The van der Waals surface area contributed by atoms with E-state index in [-0.39, 0.29) is 0 Å². The van der Waals surface area contributed by atoms with Gasteiger partial charge < -0.3 is 0 Å². The molecule has 0 radical (unpaired) electrons. The van der Waals surface area contributed by atoms with Crippen LogP contribution in [0.25, 0.3) is 16.6 Å². The first-order chi connectivity index (χ1) is 11.1. The van der Waals surface area contributed by atoms with E-state index in [1.54, 1.807) is 0 Å². The zero-order chi connectivity index (χ0) is 17.9. The second-order valence-corrected chi connectivity index (χ2v) is 6.34. The fourth-order valence-corrected chi connectivity index (χ4v) is 2.52. The Bertz CT molecular complexity index is 836. The average molecular weight is 348 g/mol. The molecule has 3 rings (SSSR count). The van der Waals surface area contributed by atoms with E-state index in [0.717, 1.165) is 0 Å². The molecule has 0 bridgehead atoms. The first-order valence-electron chi connectivity index (χ1n) is 7.26. The summed E-state index contributed by atoms with van der Waals surface area (Å²) in [5, 5.41) is 1.28. The Kier molecular flexibility index (Phi) is 5.54. The molecule has 0 spiro atoms. The van der Waals surface area contributed by atoms with Gasteiger partial charge in [0.25, 0.3) is 0 Å². The standard InChI is InChI=1S/C18H18N.ClHO4/c1-13-4-9-17(10-5-13)19-15(3)7-8-16-12-14(2)6-11-18(16)19;2-1(3,4)5/h4-12H,1-3H3;(H,2,3,4,5)/q+1;/p-1. The number of hydrogen-bond acceptors (Lipinski definition) is 4. The molecule has 0 saturated carbocycles. The van der Waals surface area contributed by atoms with Gasteiger partial charge in [-0.1, -0.05) is 29.3 Å². The first kappa shape index (κ1) is 18.3. The van der Waals surface area contributed by atoms with Crippen LogP contribution < -0.4 is 23.2 Å². The van der Waals surface area contributed by atoms with Crippen LogP contribution in [-0.2, 0) is 0 Å². The third-order valence-electron chi connectivity index (χ3n) is 3.57.